The molecule has 1 aliphatic carbocycles. The van der Waals surface area contributed by atoms with Crippen molar-refractivity contribution in [3.8, 4) is 0 Å². The third kappa shape index (κ3) is 2.91. The minimum Gasteiger partial charge on any atom is -1.00 e. The van der Waals surface area contributed by atoms with Gasteiger partial charge in [-0.1, -0.05) is 80.7 Å². The molecule has 0 aliphatic heterocycles. The molecule has 0 fully saturated rings. The molecule has 0 aromatic heterocycles. The molecule has 0 amide bonds. The maximum atomic E-state index is 2.45. The third-order valence-electron chi connectivity index (χ3n) is 5.11. The van der Waals surface area contributed by atoms with Crippen molar-refractivity contribution in [1.82, 2.24) is 0 Å². The van der Waals surface area contributed by atoms with Gasteiger partial charge in [-0.25, -0.2) is 0 Å². The summed E-state index contributed by atoms with van der Waals surface area (Å²) in [6, 6.07) is 17.7. The molecule has 0 spiro atoms. The van der Waals surface area contributed by atoms with Crippen molar-refractivity contribution in [2.75, 3.05) is 0 Å². The summed E-state index contributed by atoms with van der Waals surface area (Å²) >= 11 is 0. The zero-order chi connectivity index (χ0) is 14.6. The zero-order valence-electron chi connectivity index (χ0n) is 14.0. The molecular weight excluding hydrogens is 387 g/mol. The third-order valence-corrected chi connectivity index (χ3v) is 7.61. The van der Waals surface area contributed by atoms with Crippen LogP contribution in [0.25, 0.3) is 27.6 Å². The summed E-state index contributed by atoms with van der Waals surface area (Å²) in [7, 11) is -0.468. The largest absolute Gasteiger partial charge is 4.00 e. The number of rotatable bonds is 1. The van der Waals surface area contributed by atoms with Crippen molar-refractivity contribution in [3.63, 3.8) is 0 Å². The molecule has 0 nitrogen and oxygen atoms in total. The van der Waals surface area contributed by atoms with Gasteiger partial charge in [-0.05, 0) is 32.7 Å². The first kappa shape index (κ1) is 21.5. The van der Waals surface area contributed by atoms with E-state index in [1.807, 2.05) is 0 Å². The van der Waals surface area contributed by atoms with E-state index in [0.29, 0.717) is 0 Å². The van der Waals surface area contributed by atoms with E-state index in [2.05, 4.69) is 80.7 Å². The Morgan fingerprint density at radius 1 is 0.750 bits per heavy atom. The van der Waals surface area contributed by atoms with Crippen LogP contribution in [0.4, 0.5) is 0 Å². The normalized spacial score (nSPS) is 18.0. The van der Waals surface area contributed by atoms with E-state index in [4.69, 9.17) is 0 Å². The Labute approximate surface area is 173 Å². The Morgan fingerprint density at radius 2 is 1.21 bits per heavy atom. The monoisotopic (exact) mass is 405 g/mol. The van der Waals surface area contributed by atoms with Crippen molar-refractivity contribution in [3.05, 3.63) is 65.7 Å². The molecule has 1 radical (unpaired) electrons. The molecule has 3 aromatic rings. The Kier molecular flexibility index (Phi) is 6.95. The van der Waals surface area contributed by atoms with Crippen LogP contribution in [0.1, 0.15) is 18.1 Å². The maximum Gasteiger partial charge on any atom is 4.00 e. The zero-order valence-corrected chi connectivity index (χ0v) is 18.1. The number of allylic oxidation sites excluding steroid dienone is 1. The SMILES string of the molecule is C[Si](C)C1(C)C=Cc2c1c1ccccc1c1ccccc21.[Cl-].[Cl-].[Ti+4]. The first-order valence-electron chi connectivity index (χ1n) is 7.57. The standard InChI is InChI=1S/C20H19Si.2ClH.Ti/c1-20(21(2)3)13-12-18-16-10-5-4-8-14(16)15-9-6-7-11-17(15)19(18)20;;;/h4-13H,1-3H3;2*1H;/q;;;+4/p-2. The van der Waals surface area contributed by atoms with Crippen LogP contribution in [0.3, 0.4) is 0 Å². The smallest absolute Gasteiger partial charge is 1.00 e. The predicted octanol–water partition coefficient (Wildman–Crippen LogP) is -0.423. The molecule has 0 heterocycles. The molecular formula is C20H19Cl2SiTi+2. The second-order valence-electron chi connectivity index (χ2n) is 6.42. The second-order valence-corrected chi connectivity index (χ2v) is 9.45. The fourth-order valence-electron chi connectivity index (χ4n) is 3.65. The first-order chi connectivity index (χ1) is 10.1. The van der Waals surface area contributed by atoms with Crippen LogP contribution < -0.4 is 24.8 Å². The van der Waals surface area contributed by atoms with Gasteiger partial charge in [-0.15, -0.1) is 0 Å². The molecule has 1 aliphatic rings. The van der Waals surface area contributed by atoms with Gasteiger partial charge in [-0.2, -0.15) is 0 Å². The average Bonchev–Trinajstić information content (AvgIpc) is 2.87. The maximum absolute atomic E-state index is 2.45. The topological polar surface area (TPSA) is 0 Å². The van der Waals surface area contributed by atoms with Gasteiger partial charge in [-0.3, -0.25) is 0 Å². The minimum absolute atomic E-state index is 0. The summed E-state index contributed by atoms with van der Waals surface area (Å²) < 4.78 is 0. The number of halogens is 2. The number of fused-ring (bicyclic) bond motifs is 6. The van der Waals surface area contributed by atoms with Crippen molar-refractivity contribution in [1.29, 1.82) is 0 Å². The van der Waals surface area contributed by atoms with Gasteiger partial charge < -0.3 is 24.8 Å². The summed E-state index contributed by atoms with van der Waals surface area (Å²) in [5, 5.41) is 5.83. The van der Waals surface area contributed by atoms with Crippen LogP contribution >= 0.6 is 0 Å². The molecule has 0 saturated heterocycles. The van der Waals surface area contributed by atoms with Crippen LogP contribution in [-0.4, -0.2) is 8.80 Å². The quantitative estimate of drug-likeness (QED) is 0.381. The summed E-state index contributed by atoms with van der Waals surface area (Å²) in [5.74, 6) is 0. The molecule has 0 saturated carbocycles. The van der Waals surface area contributed by atoms with Crippen molar-refractivity contribution in [2.24, 2.45) is 0 Å². The van der Waals surface area contributed by atoms with E-state index in [9.17, 15) is 0 Å². The molecule has 3 aromatic carbocycles. The Hall–Kier alpha value is -0.569. The molecule has 0 bridgehead atoms. The molecule has 0 N–H and O–H groups in total. The summed E-state index contributed by atoms with van der Waals surface area (Å²) in [4.78, 5) is 0. The van der Waals surface area contributed by atoms with Crippen molar-refractivity contribution >= 4 is 36.4 Å². The first-order valence-corrected chi connectivity index (χ1v) is 10.1. The summed E-state index contributed by atoms with van der Waals surface area (Å²) in [6.45, 7) is 7.27. The molecule has 4 heteroatoms. The summed E-state index contributed by atoms with van der Waals surface area (Å²) in [6.07, 6.45) is 4.81. The van der Waals surface area contributed by atoms with Crippen LogP contribution in [0.2, 0.25) is 13.1 Å². The number of benzene rings is 3. The van der Waals surface area contributed by atoms with Gasteiger partial charge in [0, 0.05) is 5.04 Å². The minimum atomic E-state index is -0.468. The number of hydrogen-bond donors (Lipinski definition) is 0. The average molecular weight is 406 g/mol. The Bertz CT molecular complexity index is 905. The van der Waals surface area contributed by atoms with Crippen LogP contribution in [0.15, 0.2) is 54.6 Å². The van der Waals surface area contributed by atoms with E-state index < -0.39 is 8.80 Å². The van der Waals surface area contributed by atoms with E-state index in [1.54, 1.807) is 5.56 Å². The molecule has 4 rings (SSSR count). The van der Waals surface area contributed by atoms with Gasteiger partial charge in [0.15, 0.2) is 0 Å². The molecule has 119 valence electrons. The van der Waals surface area contributed by atoms with E-state index in [-0.39, 0.29) is 51.6 Å². The van der Waals surface area contributed by atoms with Crippen LogP contribution in [0.5, 0.6) is 0 Å². The fourth-order valence-corrected chi connectivity index (χ4v) is 4.84. The van der Waals surface area contributed by atoms with Crippen molar-refractivity contribution < 1.29 is 46.5 Å². The second kappa shape index (κ2) is 7.76. The predicted molar refractivity (Wildman–Crippen MR) is 95.3 cm³/mol. The van der Waals surface area contributed by atoms with Crippen molar-refractivity contribution in [2.45, 2.75) is 25.1 Å². The van der Waals surface area contributed by atoms with Gasteiger partial charge in [0.1, 0.15) is 0 Å². The van der Waals surface area contributed by atoms with E-state index >= 15 is 0 Å². The van der Waals surface area contributed by atoms with Crippen LogP contribution in [-0.2, 0) is 26.8 Å². The van der Waals surface area contributed by atoms with E-state index in [0.717, 1.165) is 0 Å². The van der Waals surface area contributed by atoms with Gasteiger partial charge in [0.25, 0.3) is 0 Å². The molecule has 24 heavy (non-hydrogen) atoms. The van der Waals surface area contributed by atoms with Gasteiger partial charge in [0.2, 0.25) is 0 Å². The van der Waals surface area contributed by atoms with E-state index in [1.165, 1.54) is 27.1 Å². The fraction of sp³-hybridized carbons (Fsp3) is 0.200. The Balaban J connectivity index is 0.000000960. The Morgan fingerprint density at radius 3 is 1.75 bits per heavy atom. The molecule has 1 atom stereocenters. The van der Waals surface area contributed by atoms with Gasteiger partial charge in [0.05, 0.1) is 8.80 Å². The van der Waals surface area contributed by atoms with Crippen LogP contribution in [0, 0.1) is 0 Å². The van der Waals surface area contributed by atoms with Gasteiger partial charge >= 0.3 is 21.7 Å². The number of hydrogen-bond acceptors (Lipinski definition) is 0. The molecule has 1 unspecified atom stereocenters. The summed E-state index contributed by atoms with van der Waals surface area (Å²) in [5.41, 5.74) is 2.99.